The van der Waals surface area contributed by atoms with E-state index in [0.717, 1.165) is 28.7 Å². The number of hydrogen-bond acceptors (Lipinski definition) is 5. The number of nitrogens with zero attached hydrogens (tertiary/aromatic N) is 1. The van der Waals surface area contributed by atoms with Crippen LogP contribution in [0.5, 0.6) is 5.75 Å². The zero-order valence-corrected chi connectivity index (χ0v) is 22.9. The number of carbonyl (C=O) groups is 3. The normalized spacial score (nSPS) is 11.2. The van der Waals surface area contributed by atoms with Crippen molar-refractivity contribution in [2.75, 3.05) is 13.2 Å². The monoisotopic (exact) mass is 572 g/mol. The standard InChI is InChI=1S/C32H29ClN2O6/c33-28-15-11-23(12-16-28)20-35(22-36)17-18-40-31(37)26-13-9-24(10-14-26)21-41-29-8-4-7-27(19-29)30(34-32(38)39)25-5-2-1-3-6-25/h1-16,19,22,30,34H,17-18,20-21H2,(H,38,39). The lowest BCUT2D eigenvalue weighted by Crippen LogP contribution is -2.27. The summed E-state index contributed by atoms with van der Waals surface area (Å²) < 4.78 is 11.3. The summed E-state index contributed by atoms with van der Waals surface area (Å²) in [6, 6.07) is 30.1. The fourth-order valence-corrected chi connectivity index (χ4v) is 4.27. The maximum absolute atomic E-state index is 12.5. The van der Waals surface area contributed by atoms with E-state index in [1.807, 2.05) is 54.6 Å². The maximum Gasteiger partial charge on any atom is 0.405 e. The molecule has 0 aliphatic carbocycles. The molecule has 0 aliphatic heterocycles. The van der Waals surface area contributed by atoms with E-state index in [1.54, 1.807) is 48.5 Å². The van der Waals surface area contributed by atoms with Crippen LogP contribution >= 0.6 is 11.6 Å². The van der Waals surface area contributed by atoms with Crippen LogP contribution < -0.4 is 10.1 Å². The fraction of sp³-hybridized carbons (Fsp3) is 0.156. The molecule has 2 amide bonds. The van der Waals surface area contributed by atoms with Crippen LogP contribution in [0.3, 0.4) is 0 Å². The first kappa shape index (κ1) is 29.2. The fourth-order valence-electron chi connectivity index (χ4n) is 4.15. The first-order valence-electron chi connectivity index (χ1n) is 12.9. The van der Waals surface area contributed by atoms with E-state index in [4.69, 9.17) is 21.1 Å². The minimum atomic E-state index is -1.12. The van der Waals surface area contributed by atoms with Gasteiger partial charge in [0.1, 0.15) is 19.0 Å². The van der Waals surface area contributed by atoms with Gasteiger partial charge in [0, 0.05) is 11.6 Å². The summed E-state index contributed by atoms with van der Waals surface area (Å²) in [5.41, 5.74) is 3.71. The summed E-state index contributed by atoms with van der Waals surface area (Å²) in [4.78, 5) is 36.8. The minimum absolute atomic E-state index is 0.0626. The van der Waals surface area contributed by atoms with Crippen LogP contribution in [0, 0.1) is 0 Å². The van der Waals surface area contributed by atoms with Crippen molar-refractivity contribution in [3.63, 3.8) is 0 Å². The van der Waals surface area contributed by atoms with Crippen molar-refractivity contribution in [3.05, 3.63) is 136 Å². The number of hydrogen-bond donors (Lipinski definition) is 2. The number of carbonyl (C=O) groups excluding carboxylic acids is 2. The molecule has 0 saturated carbocycles. The Bertz CT molecular complexity index is 1450. The summed E-state index contributed by atoms with van der Waals surface area (Å²) in [6.45, 7) is 0.960. The molecule has 210 valence electrons. The molecule has 4 aromatic carbocycles. The number of carboxylic acid groups (broad SMARTS) is 1. The van der Waals surface area contributed by atoms with E-state index in [1.165, 1.54) is 4.90 Å². The first-order valence-corrected chi connectivity index (χ1v) is 13.3. The molecule has 0 saturated heterocycles. The van der Waals surface area contributed by atoms with Crippen LogP contribution in [0.15, 0.2) is 103 Å². The highest BCUT2D eigenvalue weighted by atomic mass is 35.5. The number of rotatable bonds is 13. The average Bonchev–Trinajstić information content (AvgIpc) is 3.00. The Morgan fingerprint density at radius 2 is 1.56 bits per heavy atom. The van der Waals surface area contributed by atoms with Gasteiger partial charge in [0.2, 0.25) is 6.41 Å². The summed E-state index contributed by atoms with van der Waals surface area (Å²) in [6.07, 6.45) is -0.403. The Hall–Kier alpha value is -4.82. The second-order valence-electron chi connectivity index (χ2n) is 9.19. The predicted octanol–water partition coefficient (Wildman–Crippen LogP) is 6.09. The number of esters is 1. The molecule has 8 nitrogen and oxygen atoms in total. The lowest BCUT2D eigenvalue weighted by atomic mass is 9.98. The number of amides is 2. The summed E-state index contributed by atoms with van der Waals surface area (Å²) >= 11 is 5.90. The minimum Gasteiger partial charge on any atom is -0.489 e. The van der Waals surface area contributed by atoms with Crippen LogP contribution in [0.25, 0.3) is 0 Å². The molecule has 0 aromatic heterocycles. The highest BCUT2D eigenvalue weighted by Crippen LogP contribution is 2.26. The Labute approximate surface area is 243 Å². The Kier molecular flexibility index (Phi) is 10.3. The van der Waals surface area contributed by atoms with E-state index >= 15 is 0 Å². The zero-order chi connectivity index (χ0) is 29.0. The molecule has 0 bridgehead atoms. The number of nitrogens with one attached hydrogen (secondary N) is 1. The summed E-state index contributed by atoms with van der Waals surface area (Å²) in [7, 11) is 0. The molecule has 41 heavy (non-hydrogen) atoms. The van der Waals surface area contributed by atoms with Gasteiger partial charge in [-0.15, -0.1) is 0 Å². The molecule has 4 rings (SSSR count). The predicted molar refractivity (Wildman–Crippen MR) is 155 cm³/mol. The van der Waals surface area contributed by atoms with Crippen molar-refractivity contribution in [3.8, 4) is 5.75 Å². The molecule has 0 radical (unpaired) electrons. The molecule has 1 atom stereocenters. The van der Waals surface area contributed by atoms with Gasteiger partial charge in [-0.25, -0.2) is 9.59 Å². The molecule has 0 spiro atoms. The number of ether oxygens (including phenoxy) is 2. The highest BCUT2D eigenvalue weighted by Gasteiger charge is 2.17. The van der Waals surface area contributed by atoms with Gasteiger partial charge in [0.05, 0.1) is 18.2 Å². The molecule has 9 heteroatoms. The second-order valence-corrected chi connectivity index (χ2v) is 9.63. The van der Waals surface area contributed by atoms with E-state index in [0.29, 0.717) is 22.9 Å². The molecule has 0 heterocycles. The lowest BCUT2D eigenvalue weighted by molar-refractivity contribution is -0.119. The topological polar surface area (TPSA) is 105 Å². The molecule has 0 aliphatic rings. The Morgan fingerprint density at radius 1 is 0.878 bits per heavy atom. The molecule has 4 aromatic rings. The van der Waals surface area contributed by atoms with Crippen molar-refractivity contribution in [2.45, 2.75) is 19.2 Å². The Balaban J connectivity index is 1.28. The van der Waals surface area contributed by atoms with Gasteiger partial charge >= 0.3 is 12.1 Å². The van der Waals surface area contributed by atoms with Crippen molar-refractivity contribution >= 4 is 30.1 Å². The van der Waals surface area contributed by atoms with E-state index in [2.05, 4.69) is 5.32 Å². The lowest BCUT2D eigenvalue weighted by Gasteiger charge is -2.19. The van der Waals surface area contributed by atoms with E-state index in [-0.39, 0.29) is 19.8 Å². The van der Waals surface area contributed by atoms with Crippen molar-refractivity contribution in [1.29, 1.82) is 0 Å². The third-order valence-corrected chi connectivity index (χ3v) is 6.50. The van der Waals surface area contributed by atoms with Crippen molar-refractivity contribution in [1.82, 2.24) is 10.2 Å². The highest BCUT2D eigenvalue weighted by molar-refractivity contribution is 6.30. The summed E-state index contributed by atoms with van der Waals surface area (Å²) in [5.74, 6) is 0.0952. The van der Waals surface area contributed by atoms with Crippen molar-refractivity contribution in [2.24, 2.45) is 0 Å². The molecular formula is C32H29ClN2O6. The number of benzene rings is 4. The maximum atomic E-state index is 12.5. The quantitative estimate of drug-likeness (QED) is 0.148. The molecular weight excluding hydrogens is 544 g/mol. The van der Waals surface area contributed by atoms with Crippen LogP contribution in [-0.4, -0.2) is 41.6 Å². The third kappa shape index (κ3) is 8.84. The third-order valence-electron chi connectivity index (χ3n) is 6.25. The van der Waals surface area contributed by atoms with Gasteiger partial charge in [-0.2, -0.15) is 0 Å². The largest absolute Gasteiger partial charge is 0.489 e. The van der Waals surface area contributed by atoms with Gasteiger partial charge in [-0.3, -0.25) is 4.79 Å². The van der Waals surface area contributed by atoms with Gasteiger partial charge in [0.25, 0.3) is 0 Å². The zero-order valence-electron chi connectivity index (χ0n) is 22.1. The average molecular weight is 573 g/mol. The van der Waals surface area contributed by atoms with Crippen molar-refractivity contribution < 1.29 is 29.0 Å². The Morgan fingerprint density at radius 3 is 2.24 bits per heavy atom. The summed E-state index contributed by atoms with van der Waals surface area (Å²) in [5, 5.41) is 12.5. The van der Waals surface area contributed by atoms with Gasteiger partial charge in [0.15, 0.2) is 0 Å². The second kappa shape index (κ2) is 14.5. The molecule has 1 unspecified atom stereocenters. The smallest absolute Gasteiger partial charge is 0.405 e. The first-order chi connectivity index (χ1) is 19.9. The van der Waals surface area contributed by atoms with E-state index < -0.39 is 18.1 Å². The van der Waals surface area contributed by atoms with Crippen LogP contribution in [0.4, 0.5) is 4.79 Å². The van der Waals surface area contributed by atoms with Gasteiger partial charge < -0.3 is 24.8 Å². The van der Waals surface area contributed by atoms with Crippen LogP contribution in [-0.2, 0) is 22.7 Å². The number of halogens is 1. The molecule has 2 N–H and O–H groups in total. The van der Waals surface area contributed by atoms with E-state index in [9.17, 15) is 19.5 Å². The van der Waals surface area contributed by atoms with Crippen LogP contribution in [0.1, 0.15) is 38.7 Å². The van der Waals surface area contributed by atoms with Crippen LogP contribution in [0.2, 0.25) is 5.02 Å². The SMILES string of the molecule is O=CN(CCOC(=O)c1ccc(COc2cccc(C(NC(=O)O)c3ccccc3)c2)cc1)Cc1ccc(Cl)cc1. The molecule has 0 fully saturated rings. The van der Waals surface area contributed by atoms with Gasteiger partial charge in [-0.05, 0) is 58.7 Å². The van der Waals surface area contributed by atoms with Gasteiger partial charge in [-0.1, -0.05) is 78.3 Å².